The van der Waals surface area contributed by atoms with Crippen molar-refractivity contribution in [3.63, 3.8) is 0 Å². The molecule has 0 saturated heterocycles. The lowest BCUT2D eigenvalue weighted by molar-refractivity contribution is -0.276. The molecule has 0 rings (SSSR count). The molecular weight excluding hydrogens is 94.0 g/mol. The molecule has 1 N–H and O–H groups in total. The number of hydrogen-bond acceptors (Lipinski definition) is 3. The molecule has 0 fully saturated rings. The first-order chi connectivity index (χ1) is 3.41. The predicted molar refractivity (Wildman–Crippen MR) is 26.6 cm³/mol. The Morgan fingerprint density at radius 2 is 2.29 bits per heavy atom. The van der Waals surface area contributed by atoms with Crippen LogP contribution >= 0.6 is 0 Å². The molecule has 0 saturated carbocycles. The molecular formula is C4H11NO2. The van der Waals surface area contributed by atoms with Crippen molar-refractivity contribution < 1.29 is 9.78 Å². The summed E-state index contributed by atoms with van der Waals surface area (Å²) in [6, 6.07) is 0. The quantitative estimate of drug-likeness (QED) is 0.238. The Balaban J connectivity index is 2.45. The van der Waals surface area contributed by atoms with E-state index in [1.165, 1.54) is 7.11 Å². The summed E-state index contributed by atoms with van der Waals surface area (Å²) in [6.45, 7) is 3.37. The van der Waals surface area contributed by atoms with Crippen molar-refractivity contribution in [2.24, 2.45) is 0 Å². The van der Waals surface area contributed by atoms with Crippen LogP contribution in [0.5, 0.6) is 0 Å². The fourth-order valence-electron chi connectivity index (χ4n) is 0.203. The van der Waals surface area contributed by atoms with E-state index in [1.807, 2.05) is 6.92 Å². The van der Waals surface area contributed by atoms with Gasteiger partial charge in [0.25, 0.3) is 0 Å². The summed E-state index contributed by atoms with van der Waals surface area (Å²) in [4.78, 5) is 8.74. The molecule has 44 valence electrons. The maximum Gasteiger partial charge on any atom is 0.133 e. The van der Waals surface area contributed by atoms with Gasteiger partial charge >= 0.3 is 0 Å². The van der Waals surface area contributed by atoms with Crippen molar-refractivity contribution in [3.05, 3.63) is 0 Å². The van der Waals surface area contributed by atoms with Gasteiger partial charge in [-0.05, 0) is 6.54 Å². The van der Waals surface area contributed by atoms with Gasteiger partial charge in [-0.25, -0.2) is 9.78 Å². The number of hydrogen-bond donors (Lipinski definition) is 1. The fraction of sp³-hybridized carbons (Fsp3) is 1.00. The van der Waals surface area contributed by atoms with Crippen molar-refractivity contribution in [1.29, 1.82) is 0 Å². The van der Waals surface area contributed by atoms with Gasteiger partial charge in [-0.15, -0.1) is 0 Å². The molecule has 3 nitrogen and oxygen atoms in total. The monoisotopic (exact) mass is 105 g/mol. The van der Waals surface area contributed by atoms with Gasteiger partial charge in [0.15, 0.2) is 0 Å². The first-order valence-electron chi connectivity index (χ1n) is 2.28. The predicted octanol–water partition coefficient (Wildman–Crippen LogP) is 0.131. The molecule has 0 radical (unpaired) electrons. The van der Waals surface area contributed by atoms with Crippen molar-refractivity contribution in [3.8, 4) is 0 Å². The SMILES string of the molecule is CCNCOOC. The zero-order valence-electron chi connectivity index (χ0n) is 4.73. The van der Waals surface area contributed by atoms with Gasteiger partial charge in [-0.3, -0.25) is 5.32 Å². The first-order valence-corrected chi connectivity index (χ1v) is 2.28. The Labute approximate surface area is 43.5 Å². The van der Waals surface area contributed by atoms with Gasteiger partial charge in [0.2, 0.25) is 0 Å². The topological polar surface area (TPSA) is 30.5 Å². The van der Waals surface area contributed by atoms with Gasteiger partial charge in [0.05, 0.1) is 7.11 Å². The van der Waals surface area contributed by atoms with Crippen LogP contribution in [0.25, 0.3) is 0 Å². The van der Waals surface area contributed by atoms with E-state index in [-0.39, 0.29) is 0 Å². The summed E-state index contributed by atoms with van der Waals surface area (Å²) in [5.74, 6) is 0. The Bertz CT molecular complexity index is 28.9. The molecule has 0 aliphatic carbocycles. The molecule has 0 aliphatic rings. The van der Waals surface area contributed by atoms with E-state index < -0.39 is 0 Å². The van der Waals surface area contributed by atoms with E-state index in [9.17, 15) is 0 Å². The van der Waals surface area contributed by atoms with E-state index >= 15 is 0 Å². The summed E-state index contributed by atoms with van der Waals surface area (Å²) in [5.41, 5.74) is 0. The van der Waals surface area contributed by atoms with Gasteiger partial charge in [0, 0.05) is 0 Å². The average Bonchev–Trinajstić information content (AvgIpc) is 1.69. The second-order valence-electron chi connectivity index (χ2n) is 1.03. The summed E-state index contributed by atoms with van der Waals surface area (Å²) in [6.07, 6.45) is 0. The Hall–Kier alpha value is -0.120. The van der Waals surface area contributed by atoms with Crippen molar-refractivity contribution in [2.45, 2.75) is 6.92 Å². The third kappa shape index (κ3) is 5.88. The molecule has 0 amide bonds. The minimum atomic E-state index is 0.465. The average molecular weight is 105 g/mol. The normalized spacial score (nSPS) is 9.43. The Morgan fingerprint density at radius 3 is 2.71 bits per heavy atom. The molecule has 0 aliphatic heterocycles. The Morgan fingerprint density at radius 1 is 1.57 bits per heavy atom. The molecule has 0 aromatic carbocycles. The van der Waals surface area contributed by atoms with E-state index in [2.05, 4.69) is 15.1 Å². The van der Waals surface area contributed by atoms with Crippen LogP contribution in [-0.2, 0) is 9.78 Å². The second-order valence-corrected chi connectivity index (χ2v) is 1.03. The van der Waals surface area contributed by atoms with Crippen molar-refractivity contribution in [2.75, 3.05) is 20.4 Å². The largest absolute Gasteiger partial charge is 0.292 e. The second kappa shape index (κ2) is 5.88. The van der Waals surface area contributed by atoms with Crippen LogP contribution < -0.4 is 5.32 Å². The van der Waals surface area contributed by atoms with Crippen LogP contribution in [0.3, 0.4) is 0 Å². The van der Waals surface area contributed by atoms with Crippen LogP contribution in [0.15, 0.2) is 0 Å². The summed E-state index contributed by atoms with van der Waals surface area (Å²) in [5, 5.41) is 2.90. The molecule has 0 unspecified atom stereocenters. The third-order valence-corrected chi connectivity index (χ3v) is 0.529. The molecule has 0 aromatic rings. The van der Waals surface area contributed by atoms with Crippen molar-refractivity contribution in [1.82, 2.24) is 5.32 Å². The van der Waals surface area contributed by atoms with Gasteiger partial charge in [-0.1, -0.05) is 6.92 Å². The summed E-state index contributed by atoms with van der Waals surface area (Å²) in [7, 11) is 1.48. The standard InChI is InChI=1S/C4H11NO2/c1-3-5-4-7-6-2/h5H,3-4H2,1-2H3. The molecule has 0 atom stereocenters. The van der Waals surface area contributed by atoms with Gasteiger partial charge in [0.1, 0.15) is 6.73 Å². The lowest BCUT2D eigenvalue weighted by Crippen LogP contribution is -2.16. The van der Waals surface area contributed by atoms with Crippen LogP contribution in [0.2, 0.25) is 0 Å². The van der Waals surface area contributed by atoms with Crippen LogP contribution in [0.4, 0.5) is 0 Å². The smallest absolute Gasteiger partial charge is 0.133 e. The fourth-order valence-corrected chi connectivity index (χ4v) is 0.203. The highest BCUT2D eigenvalue weighted by Crippen LogP contribution is 1.64. The summed E-state index contributed by atoms with van der Waals surface area (Å²) >= 11 is 0. The number of rotatable bonds is 4. The summed E-state index contributed by atoms with van der Waals surface area (Å²) < 4.78 is 0. The molecule has 0 heterocycles. The minimum absolute atomic E-state index is 0.465. The molecule has 0 spiro atoms. The first kappa shape index (κ1) is 6.88. The van der Waals surface area contributed by atoms with Crippen LogP contribution in [0.1, 0.15) is 6.92 Å². The molecule has 0 bridgehead atoms. The van der Waals surface area contributed by atoms with E-state index in [0.717, 1.165) is 6.54 Å². The molecule has 7 heavy (non-hydrogen) atoms. The minimum Gasteiger partial charge on any atom is -0.292 e. The zero-order valence-corrected chi connectivity index (χ0v) is 4.73. The molecule has 0 aromatic heterocycles. The van der Waals surface area contributed by atoms with Crippen LogP contribution in [0, 0.1) is 0 Å². The van der Waals surface area contributed by atoms with Gasteiger partial charge in [-0.2, -0.15) is 0 Å². The zero-order chi connectivity index (χ0) is 5.54. The highest BCUT2D eigenvalue weighted by atomic mass is 17.2. The lowest BCUT2D eigenvalue weighted by Gasteiger charge is -1.96. The number of nitrogens with one attached hydrogen (secondary N) is 1. The van der Waals surface area contributed by atoms with E-state index in [4.69, 9.17) is 0 Å². The van der Waals surface area contributed by atoms with Crippen LogP contribution in [-0.4, -0.2) is 20.4 Å². The maximum absolute atomic E-state index is 4.46. The van der Waals surface area contributed by atoms with Crippen molar-refractivity contribution >= 4 is 0 Å². The lowest BCUT2D eigenvalue weighted by atomic mass is 10.8. The van der Waals surface area contributed by atoms with E-state index in [1.54, 1.807) is 0 Å². The highest BCUT2D eigenvalue weighted by molar-refractivity contribution is 4.22. The van der Waals surface area contributed by atoms with Gasteiger partial charge < -0.3 is 0 Å². The highest BCUT2D eigenvalue weighted by Gasteiger charge is 1.76. The Kier molecular flexibility index (Phi) is 5.78. The van der Waals surface area contributed by atoms with E-state index in [0.29, 0.717) is 6.73 Å². The maximum atomic E-state index is 4.46. The third-order valence-electron chi connectivity index (χ3n) is 0.529. The molecule has 3 heteroatoms.